The van der Waals surface area contributed by atoms with Crippen molar-refractivity contribution in [3.63, 3.8) is 0 Å². The van der Waals surface area contributed by atoms with E-state index < -0.39 is 0 Å². The quantitative estimate of drug-likeness (QED) is 0.831. The van der Waals surface area contributed by atoms with Gasteiger partial charge in [0.05, 0.1) is 5.52 Å². The van der Waals surface area contributed by atoms with Gasteiger partial charge < -0.3 is 15.4 Å². The smallest absolute Gasteiger partial charge is 0.139 e. The fourth-order valence-corrected chi connectivity index (χ4v) is 2.13. The minimum absolute atomic E-state index is 0.335. The first-order chi connectivity index (χ1) is 7.65. The average Bonchev–Trinajstić information content (AvgIpc) is 2.60. The second kappa shape index (κ2) is 4.18. The SMILES string of the molecule is CC(C)n1cc(CCN)c2cccc(O)c21. The fourth-order valence-electron chi connectivity index (χ4n) is 2.13. The number of phenols is 1. The van der Waals surface area contributed by atoms with Gasteiger partial charge in [0.1, 0.15) is 5.75 Å². The van der Waals surface area contributed by atoms with Crippen molar-refractivity contribution < 1.29 is 5.11 Å². The minimum Gasteiger partial charge on any atom is -0.506 e. The number of phenolic OH excluding ortho intramolecular Hbond substituents is 1. The molecule has 1 aromatic carbocycles. The molecule has 3 nitrogen and oxygen atoms in total. The van der Waals surface area contributed by atoms with E-state index in [9.17, 15) is 5.11 Å². The molecule has 0 saturated carbocycles. The summed E-state index contributed by atoms with van der Waals surface area (Å²) in [5.74, 6) is 0.342. The maximum atomic E-state index is 9.93. The molecule has 0 fully saturated rings. The predicted molar refractivity (Wildman–Crippen MR) is 66.7 cm³/mol. The third kappa shape index (κ3) is 1.67. The van der Waals surface area contributed by atoms with Crippen LogP contribution in [-0.4, -0.2) is 16.2 Å². The van der Waals surface area contributed by atoms with Crippen molar-refractivity contribution in [3.05, 3.63) is 30.0 Å². The summed E-state index contributed by atoms with van der Waals surface area (Å²) in [6.07, 6.45) is 2.95. The van der Waals surface area contributed by atoms with Gasteiger partial charge in [-0.25, -0.2) is 0 Å². The van der Waals surface area contributed by atoms with Crippen molar-refractivity contribution in [3.8, 4) is 5.75 Å². The molecular formula is C13H18N2O. The Hall–Kier alpha value is -1.48. The third-order valence-electron chi connectivity index (χ3n) is 2.88. The Bertz CT molecular complexity index is 500. The van der Waals surface area contributed by atoms with Gasteiger partial charge in [-0.15, -0.1) is 0 Å². The molecule has 0 spiro atoms. The van der Waals surface area contributed by atoms with Gasteiger partial charge in [-0.1, -0.05) is 12.1 Å². The standard InChI is InChI=1S/C13H18N2O/c1-9(2)15-8-10(6-7-14)11-4-3-5-12(16)13(11)15/h3-5,8-9,16H,6-7,14H2,1-2H3. The molecule has 3 heteroatoms. The first-order valence-electron chi connectivity index (χ1n) is 5.66. The summed E-state index contributed by atoms with van der Waals surface area (Å²) in [6, 6.07) is 5.98. The number of nitrogens with two attached hydrogens (primary N) is 1. The number of aromatic hydroxyl groups is 1. The maximum absolute atomic E-state index is 9.93. The zero-order valence-electron chi connectivity index (χ0n) is 9.77. The lowest BCUT2D eigenvalue weighted by Crippen LogP contribution is -2.02. The van der Waals surface area contributed by atoms with Crippen molar-refractivity contribution in [1.29, 1.82) is 0 Å². The lowest BCUT2D eigenvalue weighted by molar-refractivity contribution is 0.475. The van der Waals surface area contributed by atoms with E-state index in [-0.39, 0.29) is 0 Å². The van der Waals surface area contributed by atoms with Gasteiger partial charge in [-0.2, -0.15) is 0 Å². The van der Waals surface area contributed by atoms with E-state index in [4.69, 9.17) is 5.73 Å². The Labute approximate surface area is 95.5 Å². The first-order valence-corrected chi connectivity index (χ1v) is 5.66. The van der Waals surface area contributed by atoms with Crippen LogP contribution in [0.25, 0.3) is 10.9 Å². The minimum atomic E-state index is 0.335. The molecule has 0 unspecified atom stereocenters. The van der Waals surface area contributed by atoms with Crippen molar-refractivity contribution in [2.75, 3.05) is 6.54 Å². The van der Waals surface area contributed by atoms with E-state index in [2.05, 4.69) is 24.6 Å². The molecule has 0 radical (unpaired) electrons. The molecule has 86 valence electrons. The molecule has 0 aliphatic heterocycles. The lowest BCUT2D eigenvalue weighted by Gasteiger charge is -2.09. The zero-order chi connectivity index (χ0) is 11.7. The summed E-state index contributed by atoms with van der Waals surface area (Å²) in [5.41, 5.74) is 7.73. The number of nitrogens with zero attached hydrogens (tertiary/aromatic N) is 1. The number of hydrogen-bond acceptors (Lipinski definition) is 2. The first kappa shape index (κ1) is 11.0. The fraction of sp³-hybridized carbons (Fsp3) is 0.385. The van der Waals surface area contributed by atoms with Gasteiger partial charge in [-0.05, 0) is 38.4 Å². The highest BCUT2D eigenvalue weighted by Crippen LogP contribution is 2.31. The molecule has 3 N–H and O–H groups in total. The van der Waals surface area contributed by atoms with E-state index in [1.54, 1.807) is 6.07 Å². The maximum Gasteiger partial charge on any atom is 0.139 e. The summed E-state index contributed by atoms with van der Waals surface area (Å²) >= 11 is 0. The van der Waals surface area contributed by atoms with Crippen LogP contribution < -0.4 is 5.73 Å². The van der Waals surface area contributed by atoms with E-state index in [0.717, 1.165) is 17.3 Å². The second-order valence-electron chi connectivity index (χ2n) is 4.37. The highest BCUT2D eigenvalue weighted by atomic mass is 16.3. The van der Waals surface area contributed by atoms with Crippen LogP contribution in [0.15, 0.2) is 24.4 Å². The van der Waals surface area contributed by atoms with Gasteiger partial charge in [0.25, 0.3) is 0 Å². The summed E-state index contributed by atoms with van der Waals surface area (Å²) in [7, 11) is 0. The Morgan fingerprint density at radius 2 is 2.12 bits per heavy atom. The number of benzene rings is 1. The molecule has 0 amide bonds. The highest BCUT2D eigenvalue weighted by molar-refractivity contribution is 5.89. The van der Waals surface area contributed by atoms with Crippen LogP contribution in [0.2, 0.25) is 0 Å². The molecule has 0 aliphatic rings. The molecule has 1 heterocycles. The highest BCUT2D eigenvalue weighted by Gasteiger charge is 2.12. The zero-order valence-corrected chi connectivity index (χ0v) is 9.77. The molecule has 16 heavy (non-hydrogen) atoms. The molecule has 0 bridgehead atoms. The number of hydrogen-bond donors (Lipinski definition) is 2. The number of aromatic nitrogens is 1. The van der Waals surface area contributed by atoms with Crippen molar-refractivity contribution in [2.45, 2.75) is 26.3 Å². The van der Waals surface area contributed by atoms with E-state index in [1.165, 1.54) is 5.56 Å². The van der Waals surface area contributed by atoms with Crippen LogP contribution in [0.3, 0.4) is 0 Å². The van der Waals surface area contributed by atoms with Crippen LogP contribution in [-0.2, 0) is 6.42 Å². The van der Waals surface area contributed by atoms with Gasteiger partial charge in [0.15, 0.2) is 0 Å². The molecule has 0 aliphatic carbocycles. The average molecular weight is 218 g/mol. The van der Waals surface area contributed by atoms with Crippen LogP contribution in [0.5, 0.6) is 5.75 Å². The molecule has 0 atom stereocenters. The molecule has 1 aromatic heterocycles. The third-order valence-corrected chi connectivity index (χ3v) is 2.88. The van der Waals surface area contributed by atoms with Crippen molar-refractivity contribution in [1.82, 2.24) is 4.57 Å². The van der Waals surface area contributed by atoms with Crippen LogP contribution in [0.1, 0.15) is 25.5 Å². The summed E-state index contributed by atoms with van der Waals surface area (Å²) in [4.78, 5) is 0. The van der Waals surface area contributed by atoms with Gasteiger partial charge in [-0.3, -0.25) is 0 Å². The normalized spacial score (nSPS) is 11.5. The predicted octanol–water partition coefficient (Wildman–Crippen LogP) is 2.43. The molecule has 2 aromatic rings. The molecular weight excluding hydrogens is 200 g/mol. The van der Waals surface area contributed by atoms with Gasteiger partial charge in [0.2, 0.25) is 0 Å². The second-order valence-corrected chi connectivity index (χ2v) is 4.37. The topological polar surface area (TPSA) is 51.2 Å². The Kier molecular flexibility index (Phi) is 2.88. The Balaban J connectivity index is 2.71. The van der Waals surface area contributed by atoms with Crippen LogP contribution >= 0.6 is 0 Å². The monoisotopic (exact) mass is 218 g/mol. The number of rotatable bonds is 3. The van der Waals surface area contributed by atoms with Crippen molar-refractivity contribution in [2.24, 2.45) is 5.73 Å². The van der Waals surface area contributed by atoms with Gasteiger partial charge in [0, 0.05) is 17.6 Å². The molecule has 2 rings (SSSR count). The lowest BCUT2D eigenvalue weighted by atomic mass is 10.1. The summed E-state index contributed by atoms with van der Waals surface area (Å²) < 4.78 is 2.11. The van der Waals surface area contributed by atoms with Crippen LogP contribution in [0.4, 0.5) is 0 Å². The number of fused-ring (bicyclic) bond motifs is 1. The number of para-hydroxylation sites is 1. The Morgan fingerprint density at radius 3 is 2.75 bits per heavy atom. The largest absolute Gasteiger partial charge is 0.506 e. The van der Waals surface area contributed by atoms with Crippen molar-refractivity contribution >= 4 is 10.9 Å². The molecule has 0 saturated heterocycles. The Morgan fingerprint density at radius 1 is 1.38 bits per heavy atom. The summed E-state index contributed by atoms with van der Waals surface area (Å²) in [5, 5.41) is 11.0. The van der Waals surface area contributed by atoms with E-state index >= 15 is 0 Å². The van der Waals surface area contributed by atoms with E-state index in [0.29, 0.717) is 18.3 Å². The van der Waals surface area contributed by atoms with Gasteiger partial charge >= 0.3 is 0 Å². The van der Waals surface area contributed by atoms with E-state index in [1.807, 2.05) is 12.1 Å². The van der Waals surface area contributed by atoms with Crippen LogP contribution in [0, 0.1) is 0 Å². The summed E-state index contributed by atoms with van der Waals surface area (Å²) in [6.45, 7) is 4.85.